The van der Waals surface area contributed by atoms with Gasteiger partial charge in [-0.2, -0.15) is 0 Å². The van der Waals surface area contributed by atoms with Crippen LogP contribution < -0.4 is 4.74 Å². The van der Waals surface area contributed by atoms with Gasteiger partial charge >= 0.3 is 5.97 Å². The highest BCUT2D eigenvalue weighted by Gasteiger charge is 2.03. The summed E-state index contributed by atoms with van der Waals surface area (Å²) in [4.78, 5) is 11.8. The van der Waals surface area contributed by atoms with E-state index in [-0.39, 0.29) is 0 Å². The van der Waals surface area contributed by atoms with Crippen LogP contribution in [0.3, 0.4) is 0 Å². The summed E-state index contributed by atoms with van der Waals surface area (Å²) in [5.74, 6) is 0.602. The zero-order valence-electron chi connectivity index (χ0n) is 10.9. The lowest BCUT2D eigenvalue weighted by molar-refractivity contribution is 0.0697. The summed E-state index contributed by atoms with van der Waals surface area (Å²) in [6.07, 6.45) is 0. The molecule has 0 atom stereocenters. The number of carboxylic acids is 1. The van der Waals surface area contributed by atoms with Gasteiger partial charge in [0.1, 0.15) is 5.75 Å². The molecule has 0 saturated carbocycles. The molecule has 0 bridgehead atoms. The van der Waals surface area contributed by atoms with Gasteiger partial charge < -0.3 is 9.84 Å². The summed E-state index contributed by atoms with van der Waals surface area (Å²) in [5.41, 5.74) is 0.292. The van der Waals surface area contributed by atoms with Crippen LogP contribution in [0.2, 0.25) is 5.02 Å². The third-order valence-electron chi connectivity index (χ3n) is 2.60. The number of rotatable bonds is 6. The van der Waals surface area contributed by atoms with Gasteiger partial charge in [-0.1, -0.05) is 11.6 Å². The third kappa shape index (κ3) is 4.95. The molecule has 0 aliphatic carbocycles. The van der Waals surface area contributed by atoms with Crippen LogP contribution in [0.15, 0.2) is 51.8 Å². The Bertz CT molecular complexity index is 631. The first-order valence-corrected chi connectivity index (χ1v) is 8.26. The number of carbonyl (C=O) groups is 1. The van der Waals surface area contributed by atoms with Crippen LogP contribution in [0.1, 0.15) is 10.4 Å². The number of benzene rings is 2. The fourth-order valence-corrected chi connectivity index (χ4v) is 3.13. The monoisotopic (exact) mass is 386 g/mol. The number of hydrogen-bond acceptors (Lipinski definition) is 3. The summed E-state index contributed by atoms with van der Waals surface area (Å²) < 4.78 is 6.48. The molecular weight excluding hydrogens is 376 g/mol. The maximum atomic E-state index is 10.7. The molecule has 0 radical (unpaired) electrons. The molecule has 0 fully saturated rings. The molecule has 0 aliphatic heterocycles. The van der Waals surface area contributed by atoms with E-state index in [1.165, 1.54) is 0 Å². The van der Waals surface area contributed by atoms with Gasteiger partial charge in [0, 0.05) is 15.7 Å². The van der Waals surface area contributed by atoms with Gasteiger partial charge in [0.05, 0.1) is 16.6 Å². The maximum Gasteiger partial charge on any atom is 0.335 e. The Morgan fingerprint density at radius 2 is 1.95 bits per heavy atom. The van der Waals surface area contributed by atoms with Crippen molar-refractivity contribution in [3.63, 3.8) is 0 Å². The SMILES string of the molecule is O=C(O)c1ccc(SCCOc2ccc(Cl)cc2Br)cc1. The Hall–Kier alpha value is -1.17. The Morgan fingerprint density at radius 3 is 2.57 bits per heavy atom. The summed E-state index contributed by atoms with van der Waals surface area (Å²) in [5, 5.41) is 9.48. The molecule has 0 saturated heterocycles. The summed E-state index contributed by atoms with van der Waals surface area (Å²) in [6.45, 7) is 0.547. The van der Waals surface area contributed by atoms with Gasteiger partial charge in [0.2, 0.25) is 0 Å². The van der Waals surface area contributed by atoms with Crippen LogP contribution in [-0.2, 0) is 0 Å². The van der Waals surface area contributed by atoms with Crippen molar-refractivity contribution >= 4 is 45.3 Å². The maximum absolute atomic E-state index is 10.7. The lowest BCUT2D eigenvalue weighted by atomic mass is 10.2. The van der Waals surface area contributed by atoms with Crippen molar-refractivity contribution in [2.75, 3.05) is 12.4 Å². The first kappa shape index (κ1) is 16.2. The summed E-state index contributed by atoms with van der Waals surface area (Å²) in [6, 6.07) is 12.2. The molecule has 21 heavy (non-hydrogen) atoms. The number of hydrogen-bond donors (Lipinski definition) is 1. The number of carboxylic acid groups (broad SMARTS) is 1. The molecule has 0 unspecified atom stereocenters. The number of halogens is 2. The van der Waals surface area contributed by atoms with Gasteiger partial charge in [-0.15, -0.1) is 11.8 Å². The van der Waals surface area contributed by atoms with Crippen LogP contribution in [0.5, 0.6) is 5.75 Å². The number of aromatic carboxylic acids is 1. The van der Waals surface area contributed by atoms with E-state index >= 15 is 0 Å². The first-order chi connectivity index (χ1) is 10.1. The molecule has 6 heteroatoms. The topological polar surface area (TPSA) is 46.5 Å². The van der Waals surface area contributed by atoms with Crippen molar-refractivity contribution in [3.05, 3.63) is 57.5 Å². The Kier molecular flexibility index (Phi) is 5.96. The largest absolute Gasteiger partial charge is 0.492 e. The van der Waals surface area contributed by atoms with Crippen molar-refractivity contribution in [1.82, 2.24) is 0 Å². The fraction of sp³-hybridized carbons (Fsp3) is 0.133. The lowest BCUT2D eigenvalue weighted by Crippen LogP contribution is -2.00. The second-order valence-electron chi connectivity index (χ2n) is 4.10. The van der Waals surface area contributed by atoms with E-state index in [4.69, 9.17) is 21.4 Å². The predicted octanol–water partition coefficient (Wildman–Crippen LogP) is 4.97. The van der Waals surface area contributed by atoms with Crippen LogP contribution >= 0.6 is 39.3 Å². The van der Waals surface area contributed by atoms with E-state index in [0.29, 0.717) is 17.2 Å². The zero-order valence-corrected chi connectivity index (χ0v) is 14.0. The van der Waals surface area contributed by atoms with Gasteiger partial charge in [-0.25, -0.2) is 4.79 Å². The smallest absolute Gasteiger partial charge is 0.335 e. The Morgan fingerprint density at radius 1 is 1.24 bits per heavy atom. The van der Waals surface area contributed by atoms with E-state index < -0.39 is 5.97 Å². The quantitative estimate of drug-likeness (QED) is 0.561. The average molecular weight is 388 g/mol. The fourth-order valence-electron chi connectivity index (χ4n) is 1.60. The van der Waals surface area contributed by atoms with E-state index in [9.17, 15) is 4.79 Å². The first-order valence-electron chi connectivity index (χ1n) is 6.10. The van der Waals surface area contributed by atoms with Crippen LogP contribution in [-0.4, -0.2) is 23.4 Å². The van der Waals surface area contributed by atoms with Gasteiger partial charge in [0.25, 0.3) is 0 Å². The lowest BCUT2D eigenvalue weighted by Gasteiger charge is -2.08. The molecule has 0 heterocycles. The average Bonchev–Trinajstić information content (AvgIpc) is 2.46. The van der Waals surface area contributed by atoms with E-state index in [1.807, 2.05) is 6.07 Å². The zero-order chi connectivity index (χ0) is 15.2. The molecule has 0 spiro atoms. The molecule has 0 aromatic heterocycles. The van der Waals surface area contributed by atoms with E-state index in [2.05, 4.69) is 15.9 Å². The van der Waals surface area contributed by atoms with Crippen molar-refractivity contribution in [2.45, 2.75) is 4.90 Å². The molecule has 110 valence electrons. The van der Waals surface area contributed by atoms with Crippen molar-refractivity contribution in [2.24, 2.45) is 0 Å². The van der Waals surface area contributed by atoms with Crippen molar-refractivity contribution in [3.8, 4) is 5.75 Å². The third-order valence-corrected chi connectivity index (χ3v) is 4.44. The normalized spacial score (nSPS) is 10.4. The van der Waals surface area contributed by atoms with E-state index in [1.54, 1.807) is 48.2 Å². The minimum atomic E-state index is -0.914. The Labute approximate surface area is 140 Å². The van der Waals surface area contributed by atoms with E-state index in [0.717, 1.165) is 20.9 Å². The Balaban J connectivity index is 1.80. The number of ether oxygens (including phenoxy) is 1. The standard InChI is InChI=1S/C15H12BrClO3S/c16-13-9-11(17)3-6-14(13)20-7-8-21-12-4-1-10(2-5-12)15(18)19/h1-6,9H,7-8H2,(H,18,19). The van der Waals surface area contributed by atoms with Gasteiger partial charge in [-0.3, -0.25) is 0 Å². The van der Waals surface area contributed by atoms with Gasteiger partial charge in [0.15, 0.2) is 0 Å². The minimum absolute atomic E-state index is 0.292. The van der Waals surface area contributed by atoms with Crippen LogP contribution in [0.4, 0.5) is 0 Å². The molecular formula is C15H12BrClO3S. The van der Waals surface area contributed by atoms with Crippen LogP contribution in [0.25, 0.3) is 0 Å². The van der Waals surface area contributed by atoms with Crippen molar-refractivity contribution < 1.29 is 14.6 Å². The number of thioether (sulfide) groups is 1. The second kappa shape index (κ2) is 7.73. The summed E-state index contributed by atoms with van der Waals surface area (Å²) >= 11 is 10.9. The highest BCUT2D eigenvalue weighted by atomic mass is 79.9. The highest BCUT2D eigenvalue weighted by molar-refractivity contribution is 9.10. The second-order valence-corrected chi connectivity index (χ2v) is 6.56. The molecule has 0 amide bonds. The minimum Gasteiger partial charge on any atom is -0.492 e. The predicted molar refractivity (Wildman–Crippen MR) is 88.8 cm³/mol. The van der Waals surface area contributed by atoms with Crippen molar-refractivity contribution in [1.29, 1.82) is 0 Å². The molecule has 0 aliphatic rings. The molecule has 3 nitrogen and oxygen atoms in total. The molecule has 2 aromatic rings. The molecule has 2 rings (SSSR count). The highest BCUT2D eigenvalue weighted by Crippen LogP contribution is 2.28. The van der Waals surface area contributed by atoms with Crippen LogP contribution in [0, 0.1) is 0 Å². The molecule has 1 N–H and O–H groups in total. The summed E-state index contributed by atoms with van der Waals surface area (Å²) in [7, 11) is 0. The van der Waals surface area contributed by atoms with Gasteiger partial charge in [-0.05, 0) is 58.4 Å². The molecule has 2 aromatic carbocycles.